The summed E-state index contributed by atoms with van der Waals surface area (Å²) in [6.45, 7) is 1.73. The normalized spacial score (nSPS) is 13.1. The van der Waals surface area contributed by atoms with Crippen LogP contribution >= 0.6 is 15.9 Å². The quantitative estimate of drug-likeness (QED) is 0.830. The molecule has 1 atom stereocenters. The Bertz CT molecular complexity index is 867. The lowest BCUT2D eigenvalue weighted by molar-refractivity contribution is 0.0800. The molecule has 1 heterocycles. The van der Waals surface area contributed by atoms with Gasteiger partial charge in [-0.05, 0) is 42.1 Å². The molecular formula is C17H14BrF2NO2. The van der Waals surface area contributed by atoms with E-state index >= 15 is 0 Å². The fraction of sp³-hybridized carbons (Fsp3) is 0.235. The molecule has 0 bridgehead atoms. The van der Waals surface area contributed by atoms with Gasteiger partial charge in [0.25, 0.3) is 5.56 Å². The molecule has 0 saturated carbocycles. The number of hydrogen-bond donors (Lipinski definition) is 1. The minimum Gasteiger partial charge on any atom is -0.379 e. The predicted molar refractivity (Wildman–Crippen MR) is 87.1 cm³/mol. The Morgan fingerprint density at radius 2 is 1.96 bits per heavy atom. The summed E-state index contributed by atoms with van der Waals surface area (Å²) in [4.78, 5) is 14.9. The van der Waals surface area contributed by atoms with Gasteiger partial charge in [0.1, 0.15) is 17.2 Å². The second-order valence-corrected chi connectivity index (χ2v) is 5.58. The zero-order chi connectivity index (χ0) is 17.2. The van der Waals surface area contributed by atoms with Gasteiger partial charge in [-0.1, -0.05) is 5.92 Å². The van der Waals surface area contributed by atoms with Crippen LogP contribution in [0.25, 0.3) is 0 Å². The van der Waals surface area contributed by atoms with Gasteiger partial charge in [-0.15, -0.1) is 0 Å². The van der Waals surface area contributed by atoms with E-state index in [4.69, 9.17) is 0 Å². The molecule has 2 rings (SSSR count). The van der Waals surface area contributed by atoms with E-state index in [9.17, 15) is 18.7 Å². The first kappa shape index (κ1) is 17.4. The predicted octanol–water partition coefficient (Wildman–Crippen LogP) is 2.95. The topological polar surface area (TPSA) is 42.2 Å². The van der Waals surface area contributed by atoms with Crippen LogP contribution in [-0.2, 0) is 12.6 Å². The van der Waals surface area contributed by atoms with Crippen LogP contribution in [-0.4, -0.2) is 9.67 Å². The molecule has 1 aromatic heterocycles. The minimum atomic E-state index is -2.06. The van der Waals surface area contributed by atoms with E-state index in [2.05, 4.69) is 26.7 Å². The minimum absolute atomic E-state index is 0.0645. The molecule has 0 aliphatic heterocycles. The van der Waals surface area contributed by atoms with Gasteiger partial charge in [0, 0.05) is 40.7 Å². The molecule has 3 nitrogen and oxygen atoms in total. The molecule has 0 radical (unpaired) electrons. The van der Waals surface area contributed by atoms with Gasteiger partial charge in [-0.3, -0.25) is 4.79 Å². The second-order valence-electron chi connectivity index (χ2n) is 5.19. The fourth-order valence-electron chi connectivity index (χ4n) is 2.35. The summed E-state index contributed by atoms with van der Waals surface area (Å²) in [5.41, 5.74) is -2.27. The molecule has 1 N–H and O–H groups in total. The highest BCUT2D eigenvalue weighted by molar-refractivity contribution is 9.12. The molecule has 120 valence electrons. The Morgan fingerprint density at radius 3 is 2.61 bits per heavy atom. The highest BCUT2D eigenvalue weighted by atomic mass is 79.9. The van der Waals surface area contributed by atoms with Crippen LogP contribution in [0.2, 0.25) is 0 Å². The van der Waals surface area contributed by atoms with E-state index < -0.39 is 22.8 Å². The highest BCUT2D eigenvalue weighted by Gasteiger charge is 2.36. The van der Waals surface area contributed by atoms with E-state index in [1.165, 1.54) is 10.6 Å². The third kappa shape index (κ3) is 3.21. The Kier molecular flexibility index (Phi) is 5.03. The molecule has 0 aliphatic carbocycles. The first-order valence-corrected chi connectivity index (χ1v) is 7.54. The van der Waals surface area contributed by atoms with Gasteiger partial charge in [0.05, 0.1) is 5.56 Å². The molecule has 0 fully saturated rings. The summed E-state index contributed by atoms with van der Waals surface area (Å²) in [5.74, 6) is 1.05. The van der Waals surface area contributed by atoms with Crippen molar-refractivity contribution in [2.45, 2.75) is 18.9 Å². The van der Waals surface area contributed by atoms with E-state index in [0.29, 0.717) is 5.69 Å². The Hall–Kier alpha value is -1.97. The number of halogens is 3. The number of aromatic nitrogens is 1. The molecule has 1 unspecified atom stereocenters. The summed E-state index contributed by atoms with van der Waals surface area (Å²) >= 11 is 2.90. The molecular weight excluding hydrogens is 368 g/mol. The van der Waals surface area contributed by atoms with Crippen LogP contribution in [0, 0.1) is 29.3 Å². The second kappa shape index (κ2) is 6.65. The number of aryl methyl sites for hydroxylation is 1. The molecule has 0 spiro atoms. The summed E-state index contributed by atoms with van der Waals surface area (Å²) in [6, 6.07) is 5.78. The van der Waals surface area contributed by atoms with Crippen LogP contribution in [0.15, 0.2) is 35.1 Å². The van der Waals surface area contributed by atoms with Crippen molar-refractivity contribution >= 4 is 15.9 Å². The third-order valence-electron chi connectivity index (χ3n) is 3.79. The van der Waals surface area contributed by atoms with Gasteiger partial charge in [0.15, 0.2) is 0 Å². The molecule has 6 heteroatoms. The van der Waals surface area contributed by atoms with Crippen LogP contribution < -0.4 is 5.56 Å². The largest absolute Gasteiger partial charge is 0.379 e. The van der Waals surface area contributed by atoms with Gasteiger partial charge < -0.3 is 9.67 Å². The summed E-state index contributed by atoms with van der Waals surface area (Å²) in [7, 11) is 1.54. The van der Waals surface area contributed by atoms with Gasteiger partial charge >= 0.3 is 0 Å². The number of rotatable bonds is 3. The van der Waals surface area contributed by atoms with Crippen molar-refractivity contribution < 1.29 is 13.9 Å². The van der Waals surface area contributed by atoms with E-state index in [0.717, 1.165) is 18.2 Å². The van der Waals surface area contributed by atoms with Crippen molar-refractivity contribution in [1.29, 1.82) is 0 Å². The standard InChI is InChI=1S/C17H14BrF2NO2/c1-11-4-6-13(16(22)21(11)2)17(23,8-3-9-18)14-10-12(19)5-7-15(14)20/h4-7,10,23H,8H2,1-2H3. The number of hydrogen-bond acceptors (Lipinski definition) is 2. The Morgan fingerprint density at radius 1 is 1.26 bits per heavy atom. The lowest BCUT2D eigenvalue weighted by atomic mass is 9.84. The third-order valence-corrected chi connectivity index (χ3v) is 4.07. The van der Waals surface area contributed by atoms with E-state index in [1.807, 2.05) is 0 Å². The van der Waals surface area contributed by atoms with Crippen LogP contribution in [0.1, 0.15) is 23.2 Å². The fourth-order valence-corrected chi connectivity index (χ4v) is 2.49. The number of nitrogens with zero attached hydrogens (tertiary/aromatic N) is 1. The van der Waals surface area contributed by atoms with Crippen molar-refractivity contribution in [2.75, 3.05) is 0 Å². The average molecular weight is 382 g/mol. The first-order chi connectivity index (χ1) is 10.8. The van der Waals surface area contributed by atoms with Crippen molar-refractivity contribution in [3.63, 3.8) is 0 Å². The maximum atomic E-state index is 14.2. The van der Waals surface area contributed by atoms with Gasteiger partial charge in [-0.2, -0.15) is 0 Å². The molecule has 0 aliphatic rings. The molecule has 0 saturated heterocycles. The van der Waals surface area contributed by atoms with E-state index in [1.54, 1.807) is 20.0 Å². The lowest BCUT2D eigenvalue weighted by Crippen LogP contribution is -2.37. The first-order valence-electron chi connectivity index (χ1n) is 6.74. The van der Waals surface area contributed by atoms with E-state index in [-0.39, 0.29) is 17.5 Å². The Balaban J connectivity index is 2.79. The zero-order valence-electron chi connectivity index (χ0n) is 12.5. The maximum Gasteiger partial charge on any atom is 0.256 e. The van der Waals surface area contributed by atoms with Crippen molar-refractivity contribution in [3.8, 4) is 10.8 Å². The molecule has 2 aromatic rings. The number of benzene rings is 1. The summed E-state index contributed by atoms with van der Waals surface area (Å²) in [6.07, 6.45) is -0.267. The van der Waals surface area contributed by atoms with Crippen LogP contribution in [0.3, 0.4) is 0 Å². The lowest BCUT2D eigenvalue weighted by Gasteiger charge is -2.27. The molecule has 1 aromatic carbocycles. The van der Waals surface area contributed by atoms with Gasteiger partial charge in [-0.25, -0.2) is 8.78 Å². The molecule has 23 heavy (non-hydrogen) atoms. The van der Waals surface area contributed by atoms with Crippen LogP contribution in [0.5, 0.6) is 0 Å². The summed E-state index contributed by atoms with van der Waals surface area (Å²) in [5, 5.41) is 11.0. The summed E-state index contributed by atoms with van der Waals surface area (Å²) < 4.78 is 29.1. The van der Waals surface area contributed by atoms with Gasteiger partial charge in [0.2, 0.25) is 0 Å². The molecule has 0 amide bonds. The highest BCUT2D eigenvalue weighted by Crippen LogP contribution is 2.33. The monoisotopic (exact) mass is 381 g/mol. The maximum absolute atomic E-state index is 14.2. The smallest absolute Gasteiger partial charge is 0.256 e. The van der Waals surface area contributed by atoms with Crippen LogP contribution in [0.4, 0.5) is 8.78 Å². The number of aliphatic hydroxyl groups is 1. The van der Waals surface area contributed by atoms with Crippen molar-refractivity contribution in [2.24, 2.45) is 7.05 Å². The SMILES string of the molecule is Cc1ccc(C(O)(CC#CBr)c2cc(F)ccc2F)c(=O)n1C. The number of pyridine rings is 1. The average Bonchev–Trinajstić information content (AvgIpc) is 2.52. The van der Waals surface area contributed by atoms with Crippen molar-refractivity contribution in [1.82, 2.24) is 4.57 Å². The Labute approximate surface area is 140 Å². The zero-order valence-corrected chi connectivity index (χ0v) is 14.1. The van der Waals surface area contributed by atoms with Crippen molar-refractivity contribution in [3.05, 3.63) is 69.1 Å².